The lowest BCUT2D eigenvalue weighted by Crippen LogP contribution is -2.13. The minimum Gasteiger partial charge on any atom is -0.493 e. The van der Waals surface area contributed by atoms with Crippen molar-refractivity contribution < 1.29 is 14.2 Å². The van der Waals surface area contributed by atoms with Gasteiger partial charge in [-0.2, -0.15) is 4.98 Å². The lowest BCUT2D eigenvalue weighted by molar-refractivity contribution is 0.355. The number of pyridine rings is 1. The summed E-state index contributed by atoms with van der Waals surface area (Å²) in [7, 11) is 3.14. The van der Waals surface area contributed by atoms with E-state index in [4.69, 9.17) is 14.2 Å². The third-order valence-electron chi connectivity index (χ3n) is 5.40. The molecule has 0 radical (unpaired) electrons. The molecule has 8 heteroatoms. The van der Waals surface area contributed by atoms with Gasteiger partial charge in [0.2, 0.25) is 5.95 Å². The molecule has 3 aromatic carbocycles. The monoisotopic (exact) mass is 466 g/mol. The molecule has 5 aromatic rings. The third kappa shape index (κ3) is 4.63. The number of methoxy groups -OCH3 is 2. The Morgan fingerprint density at radius 3 is 2.31 bits per heavy atom. The van der Waals surface area contributed by atoms with E-state index < -0.39 is 0 Å². The van der Waals surface area contributed by atoms with Gasteiger partial charge in [-0.3, -0.25) is 9.78 Å². The van der Waals surface area contributed by atoms with Crippen LogP contribution >= 0.6 is 0 Å². The first-order chi connectivity index (χ1) is 17.1. The summed E-state index contributed by atoms with van der Waals surface area (Å²) in [6, 6.07) is 24.1. The molecule has 0 amide bonds. The summed E-state index contributed by atoms with van der Waals surface area (Å²) in [5, 5.41) is 3.51. The summed E-state index contributed by atoms with van der Waals surface area (Å²) < 4.78 is 16.5. The zero-order valence-electron chi connectivity index (χ0n) is 19.1. The fourth-order valence-corrected chi connectivity index (χ4v) is 3.73. The van der Waals surface area contributed by atoms with Gasteiger partial charge in [0.1, 0.15) is 11.5 Å². The number of anilines is 2. The number of H-pyrrole nitrogens is 1. The Bertz CT molecular complexity index is 1530. The van der Waals surface area contributed by atoms with Crippen molar-refractivity contribution in [3.05, 3.63) is 95.4 Å². The number of aromatic amines is 1. The number of ether oxygens (including phenoxy) is 3. The number of benzene rings is 3. The van der Waals surface area contributed by atoms with Gasteiger partial charge in [0.25, 0.3) is 5.56 Å². The molecule has 0 aliphatic rings. The Morgan fingerprint density at radius 1 is 0.829 bits per heavy atom. The number of nitrogens with zero attached hydrogens (tertiary/aromatic N) is 2. The van der Waals surface area contributed by atoms with Crippen LogP contribution in [0.3, 0.4) is 0 Å². The number of hydrogen-bond acceptors (Lipinski definition) is 7. The molecule has 0 aliphatic heterocycles. The third-order valence-corrected chi connectivity index (χ3v) is 5.40. The smallest absolute Gasteiger partial charge is 0.262 e. The summed E-state index contributed by atoms with van der Waals surface area (Å²) in [5.41, 5.74) is 2.24. The summed E-state index contributed by atoms with van der Waals surface area (Å²) >= 11 is 0. The maximum absolute atomic E-state index is 13.1. The Hall–Kier alpha value is -4.85. The second-order valence-electron chi connectivity index (χ2n) is 7.61. The van der Waals surface area contributed by atoms with Crippen molar-refractivity contribution in [1.29, 1.82) is 0 Å². The number of nitrogens with one attached hydrogen (secondary N) is 2. The molecular formula is C27H22N4O4. The Balaban J connectivity index is 1.43. The second-order valence-corrected chi connectivity index (χ2v) is 7.61. The van der Waals surface area contributed by atoms with Gasteiger partial charge in [0.05, 0.1) is 19.6 Å². The van der Waals surface area contributed by atoms with Crippen LogP contribution in [0.5, 0.6) is 23.0 Å². The van der Waals surface area contributed by atoms with E-state index >= 15 is 0 Å². The fraction of sp³-hybridized carbons (Fsp3) is 0.0741. The van der Waals surface area contributed by atoms with Crippen molar-refractivity contribution in [2.24, 2.45) is 0 Å². The van der Waals surface area contributed by atoms with Crippen molar-refractivity contribution in [2.45, 2.75) is 0 Å². The number of aromatic nitrogens is 3. The van der Waals surface area contributed by atoms with E-state index in [9.17, 15) is 4.79 Å². The minimum atomic E-state index is -0.306. The molecule has 2 aromatic heterocycles. The van der Waals surface area contributed by atoms with Crippen molar-refractivity contribution in [3.63, 3.8) is 0 Å². The highest BCUT2D eigenvalue weighted by atomic mass is 16.5. The van der Waals surface area contributed by atoms with E-state index in [1.807, 2.05) is 66.7 Å². The molecule has 0 unspecified atom stereocenters. The van der Waals surface area contributed by atoms with Crippen molar-refractivity contribution in [3.8, 4) is 34.1 Å². The molecule has 0 bridgehead atoms. The van der Waals surface area contributed by atoms with Crippen molar-refractivity contribution in [1.82, 2.24) is 15.0 Å². The van der Waals surface area contributed by atoms with Gasteiger partial charge in [-0.1, -0.05) is 24.3 Å². The molecule has 2 N–H and O–H groups in total. The summed E-state index contributed by atoms with van der Waals surface area (Å²) in [5.74, 6) is 2.91. The van der Waals surface area contributed by atoms with Crippen LogP contribution in [0, 0.1) is 0 Å². The summed E-state index contributed by atoms with van der Waals surface area (Å²) in [6.45, 7) is 0. The quantitative estimate of drug-likeness (QED) is 0.325. The van der Waals surface area contributed by atoms with Gasteiger partial charge in [-0.25, -0.2) is 4.98 Å². The normalized spacial score (nSPS) is 10.7. The molecule has 0 spiro atoms. The molecule has 174 valence electrons. The number of rotatable bonds is 7. The lowest BCUT2D eigenvalue weighted by atomic mass is 10.0. The Labute approximate surface area is 201 Å². The van der Waals surface area contributed by atoms with Gasteiger partial charge >= 0.3 is 0 Å². The Morgan fingerprint density at radius 2 is 1.57 bits per heavy atom. The van der Waals surface area contributed by atoms with E-state index in [0.29, 0.717) is 33.8 Å². The maximum Gasteiger partial charge on any atom is 0.262 e. The topological polar surface area (TPSA) is 98.4 Å². The van der Waals surface area contributed by atoms with Crippen LogP contribution in [-0.4, -0.2) is 29.2 Å². The SMILES string of the molecule is COc1ccc(-c2ccnc3nc(Nc4ccc(Oc5ccccc5)cc4)[nH]c(=O)c23)cc1OC. The van der Waals surface area contributed by atoms with Crippen LogP contribution < -0.4 is 25.1 Å². The predicted octanol–water partition coefficient (Wildman–Crippen LogP) is 5.54. The van der Waals surface area contributed by atoms with E-state index in [0.717, 1.165) is 17.0 Å². The van der Waals surface area contributed by atoms with E-state index in [-0.39, 0.29) is 11.5 Å². The van der Waals surface area contributed by atoms with Crippen LogP contribution in [0.15, 0.2) is 89.9 Å². The van der Waals surface area contributed by atoms with Crippen LogP contribution in [0.1, 0.15) is 0 Å². The highest BCUT2D eigenvalue weighted by molar-refractivity contribution is 5.92. The zero-order valence-corrected chi connectivity index (χ0v) is 19.1. The highest BCUT2D eigenvalue weighted by Crippen LogP contribution is 2.34. The zero-order chi connectivity index (χ0) is 24.2. The minimum absolute atomic E-state index is 0.288. The lowest BCUT2D eigenvalue weighted by Gasteiger charge is -2.12. The first-order valence-corrected chi connectivity index (χ1v) is 10.9. The molecule has 5 rings (SSSR count). The van der Waals surface area contributed by atoms with Crippen molar-refractivity contribution in [2.75, 3.05) is 19.5 Å². The van der Waals surface area contributed by atoms with Crippen molar-refractivity contribution >= 4 is 22.7 Å². The molecule has 35 heavy (non-hydrogen) atoms. The summed E-state index contributed by atoms with van der Waals surface area (Å²) in [4.78, 5) is 24.7. The number of para-hydroxylation sites is 1. The van der Waals surface area contributed by atoms with Gasteiger partial charge in [-0.05, 0) is 65.7 Å². The van der Waals surface area contributed by atoms with Gasteiger partial charge in [0, 0.05) is 11.9 Å². The van der Waals surface area contributed by atoms with Crippen LogP contribution in [0.25, 0.3) is 22.2 Å². The molecule has 0 saturated heterocycles. The molecular weight excluding hydrogens is 444 g/mol. The number of hydrogen-bond donors (Lipinski definition) is 2. The van der Waals surface area contributed by atoms with Crippen LogP contribution in [0.2, 0.25) is 0 Å². The predicted molar refractivity (Wildman–Crippen MR) is 135 cm³/mol. The molecule has 0 atom stereocenters. The van der Waals surface area contributed by atoms with E-state index in [1.54, 1.807) is 32.5 Å². The maximum atomic E-state index is 13.1. The Kier molecular flexibility index (Phi) is 6.00. The second kappa shape index (κ2) is 9.56. The van der Waals surface area contributed by atoms with E-state index in [2.05, 4.69) is 20.3 Å². The molecule has 0 fully saturated rings. The summed E-state index contributed by atoms with van der Waals surface area (Å²) in [6.07, 6.45) is 1.63. The van der Waals surface area contributed by atoms with E-state index in [1.165, 1.54) is 0 Å². The van der Waals surface area contributed by atoms with Gasteiger partial charge < -0.3 is 19.5 Å². The molecule has 0 aliphatic carbocycles. The molecule has 0 saturated carbocycles. The largest absolute Gasteiger partial charge is 0.493 e. The number of fused-ring (bicyclic) bond motifs is 1. The van der Waals surface area contributed by atoms with Gasteiger partial charge in [-0.15, -0.1) is 0 Å². The highest BCUT2D eigenvalue weighted by Gasteiger charge is 2.14. The van der Waals surface area contributed by atoms with Crippen LogP contribution in [0.4, 0.5) is 11.6 Å². The van der Waals surface area contributed by atoms with Gasteiger partial charge in [0.15, 0.2) is 17.1 Å². The van der Waals surface area contributed by atoms with Crippen LogP contribution in [-0.2, 0) is 0 Å². The standard InChI is InChI=1S/C27H22N4O4/c1-33-22-13-8-17(16-23(22)34-2)21-14-15-28-25-24(21)26(32)31-27(30-25)29-18-9-11-20(12-10-18)35-19-6-4-3-5-7-19/h3-16H,1-2H3,(H2,28,29,30,31,32). The molecule has 2 heterocycles. The average molecular weight is 466 g/mol. The molecule has 8 nitrogen and oxygen atoms in total. The average Bonchev–Trinajstić information content (AvgIpc) is 2.89. The first kappa shape index (κ1) is 22.0. The first-order valence-electron chi connectivity index (χ1n) is 10.9. The fourth-order valence-electron chi connectivity index (χ4n) is 3.73.